The first-order chi connectivity index (χ1) is 16.0. The molecule has 0 radical (unpaired) electrons. The Bertz CT molecular complexity index is 1440. The standard InChI is InChI=1S/C26H24N4O3/c1-15-22(16-8-10-20(33-2)11-9-16)26(32)30-25(27-15)24(23(28-30)17-6-4-3-5-7-17)29-14-18-12-19(29)13-21(18)31/h3-11,18-19,27H,12-14H2,1-2H3/t18-,19-/m0/s1. The van der Waals surface area contributed by atoms with Gasteiger partial charge in [-0.25, -0.2) is 0 Å². The maximum Gasteiger partial charge on any atom is 0.282 e. The van der Waals surface area contributed by atoms with E-state index in [0.29, 0.717) is 30.0 Å². The predicted octanol–water partition coefficient (Wildman–Crippen LogP) is 3.84. The number of aryl methyl sites for hydroxylation is 1. The first-order valence-corrected chi connectivity index (χ1v) is 11.2. The number of nitrogens with zero attached hydrogens (tertiary/aromatic N) is 3. The summed E-state index contributed by atoms with van der Waals surface area (Å²) in [5.74, 6) is 1.15. The van der Waals surface area contributed by atoms with E-state index in [1.54, 1.807) is 7.11 Å². The van der Waals surface area contributed by atoms with Gasteiger partial charge in [-0.3, -0.25) is 9.59 Å². The molecule has 7 heteroatoms. The van der Waals surface area contributed by atoms with Crippen LogP contribution in [0.2, 0.25) is 0 Å². The lowest BCUT2D eigenvalue weighted by Gasteiger charge is -2.28. The molecule has 1 saturated carbocycles. The Labute approximate surface area is 190 Å². The fourth-order valence-electron chi connectivity index (χ4n) is 5.35. The number of ketones is 1. The molecule has 1 N–H and O–H groups in total. The van der Waals surface area contributed by atoms with Gasteiger partial charge in [0, 0.05) is 36.2 Å². The number of hydrogen-bond donors (Lipinski definition) is 1. The van der Waals surface area contributed by atoms with Gasteiger partial charge in [-0.1, -0.05) is 42.5 Å². The quantitative estimate of drug-likeness (QED) is 0.522. The zero-order chi connectivity index (χ0) is 22.7. The van der Waals surface area contributed by atoms with Crippen LogP contribution in [0.5, 0.6) is 5.75 Å². The van der Waals surface area contributed by atoms with E-state index in [0.717, 1.165) is 40.4 Å². The van der Waals surface area contributed by atoms with Gasteiger partial charge in [-0.2, -0.15) is 9.61 Å². The van der Waals surface area contributed by atoms with Gasteiger partial charge in [0.25, 0.3) is 5.56 Å². The highest BCUT2D eigenvalue weighted by Crippen LogP contribution is 2.43. The molecule has 0 spiro atoms. The summed E-state index contributed by atoms with van der Waals surface area (Å²) in [6, 6.07) is 17.5. The molecule has 0 unspecified atom stereocenters. The van der Waals surface area contributed by atoms with E-state index in [1.807, 2.05) is 61.5 Å². The van der Waals surface area contributed by atoms with E-state index in [-0.39, 0.29) is 17.5 Å². The van der Waals surface area contributed by atoms with Gasteiger partial charge >= 0.3 is 0 Å². The highest BCUT2D eigenvalue weighted by Gasteiger charge is 2.45. The highest BCUT2D eigenvalue weighted by molar-refractivity contribution is 5.92. The molecule has 2 atom stereocenters. The van der Waals surface area contributed by atoms with Crippen LogP contribution in [0.3, 0.4) is 0 Å². The maximum absolute atomic E-state index is 13.7. The van der Waals surface area contributed by atoms with Crippen molar-refractivity contribution in [2.75, 3.05) is 18.6 Å². The van der Waals surface area contributed by atoms with Gasteiger partial charge in [-0.15, -0.1) is 0 Å². The van der Waals surface area contributed by atoms with Gasteiger partial charge in [-0.05, 0) is 31.0 Å². The summed E-state index contributed by atoms with van der Waals surface area (Å²) in [6.07, 6.45) is 1.43. The van der Waals surface area contributed by atoms with Crippen LogP contribution < -0.4 is 15.2 Å². The number of fused-ring (bicyclic) bond motifs is 3. The average molecular weight is 441 g/mol. The average Bonchev–Trinajstić information content (AvgIpc) is 3.52. The number of carbonyl (C=O) groups excluding carboxylic acids is 1. The number of piperidine rings is 1. The van der Waals surface area contributed by atoms with Crippen molar-refractivity contribution in [3.8, 4) is 28.1 Å². The Morgan fingerprint density at radius 2 is 1.79 bits per heavy atom. The Morgan fingerprint density at radius 1 is 1.03 bits per heavy atom. The fraction of sp³-hybridized carbons (Fsp3) is 0.269. The lowest BCUT2D eigenvalue weighted by Crippen LogP contribution is -2.36. The first kappa shape index (κ1) is 19.8. The van der Waals surface area contributed by atoms with Crippen LogP contribution >= 0.6 is 0 Å². The summed E-state index contributed by atoms with van der Waals surface area (Å²) in [4.78, 5) is 31.7. The SMILES string of the molecule is COc1ccc(-c2c(C)[nH]c3c(N4C[C@@H]5C[C@H]4CC5=O)c(-c4ccccc4)nn3c2=O)cc1. The Morgan fingerprint density at radius 3 is 2.42 bits per heavy atom. The van der Waals surface area contributed by atoms with Crippen LogP contribution in [0, 0.1) is 12.8 Å². The number of Topliss-reactive ketones (excluding diaryl/α,β-unsaturated/α-hetero) is 1. The number of aromatic amines is 1. The van der Waals surface area contributed by atoms with E-state index in [4.69, 9.17) is 9.84 Å². The molecule has 0 amide bonds. The molecule has 2 aromatic carbocycles. The van der Waals surface area contributed by atoms with Crippen molar-refractivity contribution in [1.29, 1.82) is 0 Å². The molecule has 1 aliphatic heterocycles. The molecular weight excluding hydrogens is 416 g/mol. The predicted molar refractivity (Wildman–Crippen MR) is 127 cm³/mol. The lowest BCUT2D eigenvalue weighted by molar-refractivity contribution is -0.120. The topological polar surface area (TPSA) is 79.7 Å². The number of carbonyl (C=O) groups is 1. The molecule has 4 aromatic rings. The van der Waals surface area contributed by atoms with Crippen molar-refractivity contribution >= 4 is 17.1 Å². The third-order valence-electron chi connectivity index (χ3n) is 6.97. The van der Waals surface area contributed by atoms with Crippen LogP contribution in [0.4, 0.5) is 5.69 Å². The monoisotopic (exact) mass is 440 g/mol. The minimum atomic E-state index is -0.171. The Kier molecular flexibility index (Phi) is 4.40. The van der Waals surface area contributed by atoms with Crippen molar-refractivity contribution in [3.05, 3.63) is 70.6 Å². The second-order valence-electron chi connectivity index (χ2n) is 8.89. The van der Waals surface area contributed by atoms with Crippen LogP contribution in [0.25, 0.3) is 28.0 Å². The summed E-state index contributed by atoms with van der Waals surface area (Å²) in [6.45, 7) is 2.59. The third-order valence-corrected chi connectivity index (χ3v) is 6.97. The highest BCUT2D eigenvalue weighted by atomic mass is 16.5. The Hall–Kier alpha value is -3.87. The molecule has 2 bridgehead atoms. The lowest BCUT2D eigenvalue weighted by atomic mass is 10.0. The summed E-state index contributed by atoms with van der Waals surface area (Å²) in [5, 5.41) is 4.81. The summed E-state index contributed by atoms with van der Waals surface area (Å²) in [7, 11) is 1.62. The van der Waals surface area contributed by atoms with Gasteiger partial charge in [0.15, 0.2) is 5.65 Å². The number of H-pyrrole nitrogens is 1. The van der Waals surface area contributed by atoms with Gasteiger partial charge in [0.2, 0.25) is 0 Å². The number of hydrogen-bond acceptors (Lipinski definition) is 5. The summed E-state index contributed by atoms with van der Waals surface area (Å²) in [5.41, 5.74) is 5.28. The van der Waals surface area contributed by atoms with Crippen LogP contribution in [0.1, 0.15) is 18.5 Å². The van der Waals surface area contributed by atoms with Crippen LogP contribution in [-0.2, 0) is 4.79 Å². The minimum absolute atomic E-state index is 0.0694. The Balaban J connectivity index is 1.58. The zero-order valence-electron chi connectivity index (χ0n) is 18.5. The molecule has 1 saturated heterocycles. The van der Waals surface area contributed by atoms with Crippen LogP contribution in [0.15, 0.2) is 59.4 Å². The van der Waals surface area contributed by atoms with Gasteiger partial charge < -0.3 is 14.6 Å². The molecule has 166 valence electrons. The molecule has 7 nitrogen and oxygen atoms in total. The molecule has 33 heavy (non-hydrogen) atoms. The third kappa shape index (κ3) is 2.99. The van der Waals surface area contributed by atoms with E-state index < -0.39 is 0 Å². The number of aromatic nitrogens is 3. The second kappa shape index (κ2) is 7.33. The molecule has 3 heterocycles. The number of methoxy groups -OCH3 is 1. The molecule has 2 fully saturated rings. The fourth-order valence-corrected chi connectivity index (χ4v) is 5.35. The first-order valence-electron chi connectivity index (χ1n) is 11.2. The molecule has 6 rings (SSSR count). The number of benzene rings is 2. The van der Waals surface area contributed by atoms with E-state index in [2.05, 4.69) is 9.88 Å². The molecule has 2 aliphatic rings. The number of anilines is 1. The van der Waals surface area contributed by atoms with E-state index in [1.165, 1.54) is 4.52 Å². The van der Waals surface area contributed by atoms with Crippen molar-refractivity contribution in [2.45, 2.75) is 25.8 Å². The number of ether oxygens (including phenoxy) is 1. The molecular formula is C26H24N4O3. The van der Waals surface area contributed by atoms with Crippen molar-refractivity contribution in [2.24, 2.45) is 5.92 Å². The van der Waals surface area contributed by atoms with Crippen molar-refractivity contribution in [1.82, 2.24) is 14.6 Å². The summed E-state index contributed by atoms with van der Waals surface area (Å²) < 4.78 is 6.74. The number of nitrogens with one attached hydrogen (secondary N) is 1. The molecule has 1 aliphatic carbocycles. The van der Waals surface area contributed by atoms with Crippen molar-refractivity contribution in [3.63, 3.8) is 0 Å². The van der Waals surface area contributed by atoms with E-state index >= 15 is 0 Å². The number of rotatable bonds is 4. The second-order valence-corrected chi connectivity index (χ2v) is 8.89. The largest absolute Gasteiger partial charge is 0.497 e. The normalized spacial score (nSPS) is 19.6. The van der Waals surface area contributed by atoms with Crippen LogP contribution in [-0.4, -0.2) is 40.1 Å². The molecule has 2 aromatic heterocycles. The van der Waals surface area contributed by atoms with Gasteiger partial charge in [0.1, 0.15) is 22.9 Å². The van der Waals surface area contributed by atoms with Crippen molar-refractivity contribution < 1.29 is 9.53 Å². The smallest absolute Gasteiger partial charge is 0.282 e. The van der Waals surface area contributed by atoms with Gasteiger partial charge in [0.05, 0.1) is 12.7 Å². The minimum Gasteiger partial charge on any atom is -0.497 e. The van der Waals surface area contributed by atoms with E-state index in [9.17, 15) is 9.59 Å². The zero-order valence-corrected chi connectivity index (χ0v) is 18.5. The maximum atomic E-state index is 13.7. The summed E-state index contributed by atoms with van der Waals surface area (Å²) >= 11 is 0.